The van der Waals surface area contributed by atoms with Gasteiger partial charge in [0.2, 0.25) is 0 Å². The van der Waals surface area contributed by atoms with Crippen molar-refractivity contribution in [3.8, 4) is 11.4 Å². The first kappa shape index (κ1) is 14.0. The first-order valence-electron chi connectivity index (χ1n) is 7.23. The van der Waals surface area contributed by atoms with E-state index in [0.717, 1.165) is 24.2 Å². The molecule has 0 spiro atoms. The highest BCUT2D eigenvalue weighted by molar-refractivity contribution is 7.20. The molecule has 1 amide bonds. The molecule has 0 aliphatic heterocycles. The highest BCUT2D eigenvalue weighted by Gasteiger charge is 2.25. The molecule has 0 saturated heterocycles. The average molecular weight is 327 g/mol. The molecule has 0 bridgehead atoms. The first-order chi connectivity index (χ1) is 11.1. The summed E-state index contributed by atoms with van der Waals surface area (Å²) in [5.41, 5.74) is 0.909. The zero-order valence-corrected chi connectivity index (χ0v) is 12.8. The number of nitrogens with one attached hydrogen (secondary N) is 1. The van der Waals surface area contributed by atoms with Crippen molar-refractivity contribution in [1.29, 1.82) is 0 Å². The zero-order valence-electron chi connectivity index (χ0n) is 12.0. The molecule has 2 heterocycles. The van der Waals surface area contributed by atoms with Crippen LogP contribution >= 0.6 is 11.3 Å². The number of nitrogens with zero attached hydrogens (tertiary/aromatic N) is 2. The molecule has 3 aromatic rings. The van der Waals surface area contributed by atoms with E-state index in [0.29, 0.717) is 20.8 Å². The van der Waals surface area contributed by atoms with Crippen molar-refractivity contribution in [2.75, 3.05) is 0 Å². The molecule has 1 fully saturated rings. The smallest absolute Gasteiger partial charge is 0.275 e. The van der Waals surface area contributed by atoms with E-state index >= 15 is 0 Å². The molecule has 116 valence electrons. The maximum atomic E-state index is 12.6. The van der Waals surface area contributed by atoms with Crippen LogP contribution in [-0.4, -0.2) is 26.6 Å². The number of hydrogen-bond acceptors (Lipinski definition) is 5. The second kappa shape index (κ2) is 5.20. The molecule has 6 nitrogen and oxygen atoms in total. The van der Waals surface area contributed by atoms with Crippen molar-refractivity contribution in [3.05, 3.63) is 51.9 Å². The maximum absolute atomic E-state index is 12.6. The third-order valence-corrected chi connectivity index (χ3v) is 4.81. The predicted octanol–water partition coefficient (Wildman–Crippen LogP) is 2.04. The molecule has 1 aliphatic rings. The van der Waals surface area contributed by atoms with Gasteiger partial charge in [-0.3, -0.25) is 14.2 Å². The quantitative estimate of drug-likeness (QED) is 0.771. The van der Waals surface area contributed by atoms with Gasteiger partial charge in [0.15, 0.2) is 0 Å². The molecule has 0 radical (unpaired) electrons. The second-order valence-corrected chi connectivity index (χ2v) is 6.56. The fourth-order valence-corrected chi connectivity index (χ4v) is 3.25. The van der Waals surface area contributed by atoms with Gasteiger partial charge in [0, 0.05) is 6.04 Å². The van der Waals surface area contributed by atoms with Gasteiger partial charge in [-0.15, -0.1) is 11.3 Å². The van der Waals surface area contributed by atoms with Crippen LogP contribution in [0.3, 0.4) is 0 Å². The summed E-state index contributed by atoms with van der Waals surface area (Å²) in [4.78, 5) is 29.5. The lowest BCUT2D eigenvalue weighted by Gasteiger charge is -2.04. The van der Waals surface area contributed by atoms with Crippen molar-refractivity contribution in [2.24, 2.45) is 0 Å². The third kappa shape index (κ3) is 2.59. The van der Waals surface area contributed by atoms with Gasteiger partial charge in [-0.2, -0.15) is 0 Å². The van der Waals surface area contributed by atoms with Crippen LogP contribution in [0.1, 0.15) is 22.5 Å². The summed E-state index contributed by atoms with van der Waals surface area (Å²) in [5, 5.41) is 12.3. The van der Waals surface area contributed by atoms with Gasteiger partial charge in [-0.25, -0.2) is 4.98 Å². The van der Waals surface area contributed by atoms with Crippen LogP contribution in [0.4, 0.5) is 0 Å². The van der Waals surface area contributed by atoms with Gasteiger partial charge in [-0.05, 0) is 43.2 Å². The molecule has 1 aliphatic carbocycles. The summed E-state index contributed by atoms with van der Waals surface area (Å²) in [6.45, 7) is 0. The topological polar surface area (TPSA) is 84.2 Å². The van der Waals surface area contributed by atoms with E-state index in [4.69, 9.17) is 0 Å². The Morgan fingerprint density at radius 1 is 1.30 bits per heavy atom. The summed E-state index contributed by atoms with van der Waals surface area (Å²) >= 11 is 1.16. The standard InChI is InChI=1S/C16H13N3O3S/c20-11-5-3-10(4-6-11)19-8-17-12-7-13(23-14(12)16(19)22)15(21)18-9-1-2-9/h3-9,20H,1-2H2,(H,18,21). The molecular formula is C16H13N3O3S. The molecular weight excluding hydrogens is 314 g/mol. The third-order valence-electron chi connectivity index (χ3n) is 3.70. The zero-order chi connectivity index (χ0) is 16.0. The first-order valence-corrected chi connectivity index (χ1v) is 8.05. The Morgan fingerprint density at radius 3 is 2.74 bits per heavy atom. The van der Waals surface area contributed by atoms with E-state index in [9.17, 15) is 14.7 Å². The van der Waals surface area contributed by atoms with Gasteiger partial charge in [0.1, 0.15) is 16.8 Å². The van der Waals surface area contributed by atoms with Gasteiger partial charge in [-0.1, -0.05) is 0 Å². The summed E-state index contributed by atoms with van der Waals surface area (Å²) in [6, 6.07) is 8.22. The van der Waals surface area contributed by atoms with Gasteiger partial charge < -0.3 is 10.4 Å². The van der Waals surface area contributed by atoms with Crippen molar-refractivity contribution >= 4 is 27.5 Å². The van der Waals surface area contributed by atoms with Gasteiger partial charge in [0.05, 0.1) is 16.1 Å². The van der Waals surface area contributed by atoms with Crippen LogP contribution in [-0.2, 0) is 0 Å². The monoisotopic (exact) mass is 327 g/mol. The van der Waals surface area contributed by atoms with Crippen LogP contribution in [0.5, 0.6) is 5.75 Å². The number of carbonyl (C=O) groups excluding carboxylic acids is 1. The lowest BCUT2D eigenvalue weighted by molar-refractivity contribution is 0.0955. The number of phenols is 1. The molecule has 23 heavy (non-hydrogen) atoms. The van der Waals surface area contributed by atoms with Crippen LogP contribution in [0.2, 0.25) is 0 Å². The Hall–Kier alpha value is -2.67. The van der Waals surface area contributed by atoms with Crippen LogP contribution in [0, 0.1) is 0 Å². The number of thiophene rings is 1. The van der Waals surface area contributed by atoms with Crippen LogP contribution in [0.25, 0.3) is 15.9 Å². The highest BCUT2D eigenvalue weighted by atomic mass is 32.1. The Bertz CT molecular complexity index is 955. The minimum absolute atomic E-state index is 0.131. The lowest BCUT2D eigenvalue weighted by Crippen LogP contribution is -2.24. The molecule has 4 rings (SSSR count). The van der Waals surface area contributed by atoms with Crippen LogP contribution < -0.4 is 10.9 Å². The van der Waals surface area contributed by atoms with Gasteiger partial charge >= 0.3 is 0 Å². The number of aromatic hydroxyl groups is 1. The van der Waals surface area contributed by atoms with Crippen molar-refractivity contribution in [3.63, 3.8) is 0 Å². The summed E-state index contributed by atoms with van der Waals surface area (Å²) in [5.74, 6) is -0.0166. The number of rotatable bonds is 3. The normalized spacial score (nSPS) is 14.1. The summed E-state index contributed by atoms with van der Waals surface area (Å²) in [6.07, 6.45) is 3.47. The fraction of sp³-hybridized carbons (Fsp3) is 0.188. The summed E-state index contributed by atoms with van der Waals surface area (Å²) in [7, 11) is 0. The van der Waals surface area contributed by atoms with Crippen molar-refractivity contribution < 1.29 is 9.90 Å². The SMILES string of the molecule is O=C(NC1CC1)c1cc2ncn(-c3ccc(O)cc3)c(=O)c2s1. The fourth-order valence-electron chi connectivity index (χ4n) is 2.31. The Balaban J connectivity index is 1.76. The van der Waals surface area contributed by atoms with Crippen molar-refractivity contribution in [1.82, 2.24) is 14.9 Å². The van der Waals surface area contributed by atoms with Crippen molar-refractivity contribution in [2.45, 2.75) is 18.9 Å². The highest BCUT2D eigenvalue weighted by Crippen LogP contribution is 2.24. The molecule has 2 aromatic heterocycles. The largest absolute Gasteiger partial charge is 0.508 e. The second-order valence-electron chi connectivity index (χ2n) is 5.51. The van der Waals surface area contributed by atoms with E-state index in [1.807, 2.05) is 0 Å². The Morgan fingerprint density at radius 2 is 2.04 bits per heavy atom. The Kier molecular flexibility index (Phi) is 3.16. The maximum Gasteiger partial charge on any atom is 0.275 e. The number of aromatic nitrogens is 2. The lowest BCUT2D eigenvalue weighted by atomic mass is 10.3. The molecule has 0 atom stereocenters. The Labute approximate surface area is 135 Å². The molecule has 0 unspecified atom stereocenters. The minimum atomic E-state index is -0.226. The van der Waals surface area contributed by atoms with E-state index in [2.05, 4.69) is 10.3 Å². The molecule has 2 N–H and O–H groups in total. The predicted molar refractivity (Wildman–Crippen MR) is 87.4 cm³/mol. The van der Waals surface area contributed by atoms with Gasteiger partial charge in [0.25, 0.3) is 11.5 Å². The number of fused-ring (bicyclic) bond motifs is 1. The number of phenolic OH excluding ortho intramolecular Hbond substituents is 1. The number of hydrogen-bond donors (Lipinski definition) is 2. The van der Waals surface area contributed by atoms with E-state index in [1.54, 1.807) is 18.2 Å². The van der Waals surface area contributed by atoms with E-state index in [1.165, 1.54) is 23.0 Å². The van der Waals surface area contributed by atoms with E-state index in [-0.39, 0.29) is 23.3 Å². The molecule has 1 saturated carbocycles. The number of amides is 1. The van der Waals surface area contributed by atoms with Crippen LogP contribution in [0.15, 0.2) is 41.5 Å². The average Bonchev–Trinajstić information content (AvgIpc) is 3.24. The minimum Gasteiger partial charge on any atom is -0.508 e. The number of carbonyl (C=O) groups is 1. The summed E-state index contributed by atoms with van der Waals surface area (Å²) < 4.78 is 1.85. The van der Waals surface area contributed by atoms with E-state index < -0.39 is 0 Å². The molecule has 7 heteroatoms. The number of benzene rings is 1. The molecule has 1 aromatic carbocycles.